The van der Waals surface area contributed by atoms with Crippen LogP contribution in [0.25, 0.3) is 0 Å². The van der Waals surface area contributed by atoms with Gasteiger partial charge in [0.15, 0.2) is 0 Å². The van der Waals surface area contributed by atoms with Gasteiger partial charge in [0.05, 0.1) is 0 Å². The van der Waals surface area contributed by atoms with Crippen LogP contribution >= 0.6 is 0 Å². The molecular formula is C15H30. The maximum atomic E-state index is 2.37. The standard InChI is InChI=1S/C15H30/c1-5-15(6-2)11-14(12-15)10-8-7-9-13(3)4/h13-14H,5-12H2,1-4H3. The van der Waals surface area contributed by atoms with Gasteiger partial charge in [0, 0.05) is 0 Å². The molecule has 0 heterocycles. The summed E-state index contributed by atoms with van der Waals surface area (Å²) in [6, 6.07) is 0. The second kappa shape index (κ2) is 5.92. The molecule has 1 saturated carbocycles. The minimum atomic E-state index is 0.767. The van der Waals surface area contributed by atoms with Crippen LogP contribution < -0.4 is 0 Å². The lowest BCUT2D eigenvalue weighted by molar-refractivity contribution is 0.0388. The van der Waals surface area contributed by atoms with E-state index in [0.717, 1.165) is 17.3 Å². The summed E-state index contributed by atoms with van der Waals surface area (Å²) in [6.07, 6.45) is 11.8. The lowest BCUT2D eigenvalue weighted by atomic mass is 9.58. The van der Waals surface area contributed by atoms with Crippen LogP contribution in [-0.4, -0.2) is 0 Å². The highest BCUT2D eigenvalue weighted by atomic mass is 14.4. The highest BCUT2D eigenvalue weighted by molar-refractivity contribution is 4.91. The smallest absolute Gasteiger partial charge is 0.0297 e. The Bertz CT molecular complexity index is 157. The molecule has 0 unspecified atom stereocenters. The van der Waals surface area contributed by atoms with E-state index in [1.807, 2.05) is 0 Å². The predicted molar refractivity (Wildman–Crippen MR) is 69.0 cm³/mol. The first-order chi connectivity index (χ1) is 7.12. The van der Waals surface area contributed by atoms with Crippen LogP contribution in [0.2, 0.25) is 0 Å². The second-order valence-electron chi connectivity index (χ2n) is 6.16. The third-order valence-electron chi connectivity index (χ3n) is 4.59. The van der Waals surface area contributed by atoms with Gasteiger partial charge in [-0.05, 0) is 30.1 Å². The quantitative estimate of drug-likeness (QED) is 0.492. The zero-order valence-corrected chi connectivity index (χ0v) is 11.3. The highest BCUT2D eigenvalue weighted by Crippen LogP contribution is 2.52. The van der Waals surface area contributed by atoms with Crippen molar-refractivity contribution in [3.05, 3.63) is 0 Å². The Kier molecular flexibility index (Phi) is 5.15. The van der Waals surface area contributed by atoms with E-state index in [1.165, 1.54) is 51.4 Å². The molecule has 1 fully saturated rings. The molecule has 0 heteroatoms. The molecule has 0 atom stereocenters. The lowest BCUT2D eigenvalue weighted by Crippen LogP contribution is -2.36. The first-order valence-electron chi connectivity index (χ1n) is 7.12. The van der Waals surface area contributed by atoms with Gasteiger partial charge in [-0.2, -0.15) is 0 Å². The molecule has 0 saturated heterocycles. The van der Waals surface area contributed by atoms with Crippen LogP contribution in [0.3, 0.4) is 0 Å². The number of hydrogen-bond donors (Lipinski definition) is 0. The zero-order valence-electron chi connectivity index (χ0n) is 11.3. The van der Waals surface area contributed by atoms with Gasteiger partial charge < -0.3 is 0 Å². The zero-order chi connectivity index (χ0) is 11.3. The van der Waals surface area contributed by atoms with Gasteiger partial charge >= 0.3 is 0 Å². The summed E-state index contributed by atoms with van der Waals surface area (Å²) in [5.74, 6) is 1.98. The van der Waals surface area contributed by atoms with Gasteiger partial charge in [-0.25, -0.2) is 0 Å². The van der Waals surface area contributed by atoms with Crippen molar-refractivity contribution in [1.82, 2.24) is 0 Å². The van der Waals surface area contributed by atoms with Crippen molar-refractivity contribution < 1.29 is 0 Å². The van der Waals surface area contributed by atoms with Gasteiger partial charge in [-0.1, -0.05) is 66.2 Å². The van der Waals surface area contributed by atoms with Gasteiger partial charge in [0.2, 0.25) is 0 Å². The minimum absolute atomic E-state index is 0.767. The molecule has 0 aromatic rings. The van der Waals surface area contributed by atoms with Crippen molar-refractivity contribution in [1.29, 1.82) is 0 Å². The first-order valence-corrected chi connectivity index (χ1v) is 7.12. The summed E-state index contributed by atoms with van der Waals surface area (Å²) in [4.78, 5) is 0. The molecule has 1 aliphatic carbocycles. The summed E-state index contributed by atoms with van der Waals surface area (Å²) in [7, 11) is 0. The van der Waals surface area contributed by atoms with Crippen LogP contribution in [0.5, 0.6) is 0 Å². The molecule has 0 aliphatic heterocycles. The molecule has 1 aliphatic rings. The maximum Gasteiger partial charge on any atom is -0.0297 e. The van der Waals surface area contributed by atoms with Crippen LogP contribution in [-0.2, 0) is 0 Å². The van der Waals surface area contributed by atoms with Crippen molar-refractivity contribution in [2.45, 2.75) is 79.1 Å². The average Bonchev–Trinajstić information content (AvgIpc) is 2.15. The molecule has 1 rings (SSSR count). The monoisotopic (exact) mass is 210 g/mol. The summed E-state index contributed by atoms with van der Waals surface area (Å²) in [5.41, 5.74) is 0.767. The molecule has 0 aromatic carbocycles. The Morgan fingerprint density at radius 3 is 2.13 bits per heavy atom. The fourth-order valence-electron chi connectivity index (χ4n) is 3.18. The molecule has 0 bridgehead atoms. The third-order valence-corrected chi connectivity index (χ3v) is 4.59. The Balaban J connectivity index is 2.02. The summed E-state index contributed by atoms with van der Waals surface area (Å²) < 4.78 is 0. The first kappa shape index (κ1) is 13.1. The molecule has 0 aromatic heterocycles. The topological polar surface area (TPSA) is 0 Å². The maximum absolute atomic E-state index is 2.37. The molecule has 0 N–H and O–H groups in total. The van der Waals surface area contributed by atoms with E-state index >= 15 is 0 Å². The summed E-state index contributed by atoms with van der Waals surface area (Å²) in [6.45, 7) is 9.42. The molecule has 0 nitrogen and oxygen atoms in total. The number of unbranched alkanes of at least 4 members (excludes halogenated alkanes) is 1. The SMILES string of the molecule is CCC1(CC)CC(CCCCC(C)C)C1. The largest absolute Gasteiger partial charge is 0.0649 e. The van der Waals surface area contributed by atoms with E-state index in [2.05, 4.69) is 27.7 Å². The van der Waals surface area contributed by atoms with Crippen LogP contribution in [0.1, 0.15) is 79.1 Å². The van der Waals surface area contributed by atoms with Gasteiger partial charge in [-0.15, -0.1) is 0 Å². The van der Waals surface area contributed by atoms with E-state index in [0.29, 0.717) is 0 Å². The van der Waals surface area contributed by atoms with Crippen LogP contribution in [0, 0.1) is 17.3 Å². The van der Waals surface area contributed by atoms with Gasteiger partial charge in [-0.3, -0.25) is 0 Å². The summed E-state index contributed by atoms with van der Waals surface area (Å²) >= 11 is 0. The van der Waals surface area contributed by atoms with Crippen molar-refractivity contribution in [3.63, 3.8) is 0 Å². The second-order valence-corrected chi connectivity index (χ2v) is 6.16. The van der Waals surface area contributed by atoms with Crippen molar-refractivity contribution >= 4 is 0 Å². The number of hydrogen-bond acceptors (Lipinski definition) is 0. The molecule has 15 heavy (non-hydrogen) atoms. The van der Waals surface area contributed by atoms with Crippen LogP contribution in [0.4, 0.5) is 0 Å². The lowest BCUT2D eigenvalue weighted by Gasteiger charge is -2.47. The Morgan fingerprint density at radius 1 is 1.07 bits per heavy atom. The van der Waals surface area contributed by atoms with E-state index in [1.54, 1.807) is 0 Å². The molecule has 0 amide bonds. The number of rotatable bonds is 7. The molecule has 0 radical (unpaired) electrons. The van der Waals surface area contributed by atoms with E-state index < -0.39 is 0 Å². The Labute approximate surface area is 96.8 Å². The average molecular weight is 210 g/mol. The third kappa shape index (κ3) is 3.81. The van der Waals surface area contributed by atoms with Crippen molar-refractivity contribution in [2.24, 2.45) is 17.3 Å². The fourth-order valence-corrected chi connectivity index (χ4v) is 3.18. The van der Waals surface area contributed by atoms with Gasteiger partial charge in [0.25, 0.3) is 0 Å². The molecule has 90 valence electrons. The normalized spacial score (nSPS) is 20.6. The van der Waals surface area contributed by atoms with Crippen LogP contribution in [0.15, 0.2) is 0 Å². The predicted octanol–water partition coefficient (Wildman–Crippen LogP) is 5.42. The van der Waals surface area contributed by atoms with Crippen molar-refractivity contribution in [3.8, 4) is 0 Å². The highest BCUT2D eigenvalue weighted by Gasteiger charge is 2.40. The molecule has 0 spiro atoms. The minimum Gasteiger partial charge on any atom is -0.0649 e. The van der Waals surface area contributed by atoms with E-state index in [-0.39, 0.29) is 0 Å². The van der Waals surface area contributed by atoms with E-state index in [4.69, 9.17) is 0 Å². The fraction of sp³-hybridized carbons (Fsp3) is 1.00. The summed E-state index contributed by atoms with van der Waals surface area (Å²) in [5, 5.41) is 0. The molecular weight excluding hydrogens is 180 g/mol. The van der Waals surface area contributed by atoms with E-state index in [9.17, 15) is 0 Å². The van der Waals surface area contributed by atoms with Crippen molar-refractivity contribution in [2.75, 3.05) is 0 Å². The Morgan fingerprint density at radius 2 is 1.67 bits per heavy atom. The Hall–Kier alpha value is 0. The van der Waals surface area contributed by atoms with Gasteiger partial charge in [0.1, 0.15) is 0 Å².